The summed E-state index contributed by atoms with van der Waals surface area (Å²) in [5.41, 5.74) is 0. The molecule has 82 valence electrons. The smallest absolute Gasteiger partial charge is 0.306 e. The van der Waals surface area contributed by atoms with Gasteiger partial charge in [-0.1, -0.05) is 6.42 Å². The first-order valence-electron chi connectivity index (χ1n) is 5.47. The van der Waals surface area contributed by atoms with Gasteiger partial charge in [0.25, 0.3) is 0 Å². The Balaban J connectivity index is 2.36. The van der Waals surface area contributed by atoms with Crippen molar-refractivity contribution in [3.63, 3.8) is 0 Å². The van der Waals surface area contributed by atoms with Gasteiger partial charge in [-0.05, 0) is 26.7 Å². The minimum Gasteiger partial charge on any atom is -0.469 e. The van der Waals surface area contributed by atoms with Crippen LogP contribution in [0.25, 0.3) is 0 Å². The molecule has 0 spiro atoms. The predicted octanol–water partition coefficient (Wildman–Crippen LogP) is 1.81. The summed E-state index contributed by atoms with van der Waals surface area (Å²) >= 11 is 0. The molecule has 1 heterocycles. The van der Waals surface area contributed by atoms with Crippen LogP contribution < -0.4 is 0 Å². The van der Waals surface area contributed by atoms with Crippen LogP contribution in [-0.2, 0) is 9.53 Å². The van der Waals surface area contributed by atoms with Crippen molar-refractivity contribution in [2.75, 3.05) is 13.7 Å². The zero-order valence-electron chi connectivity index (χ0n) is 9.45. The first kappa shape index (κ1) is 11.5. The molecule has 1 saturated heterocycles. The van der Waals surface area contributed by atoms with E-state index >= 15 is 0 Å². The molecule has 3 heteroatoms. The number of methoxy groups -OCH3 is 1. The molecule has 1 fully saturated rings. The van der Waals surface area contributed by atoms with Crippen LogP contribution >= 0.6 is 0 Å². The maximum atomic E-state index is 11.0. The number of likely N-dealkylation sites (tertiary alicyclic amines) is 1. The summed E-state index contributed by atoms with van der Waals surface area (Å²) in [6.07, 6.45) is 4.35. The number of hydrogen-bond donors (Lipinski definition) is 0. The number of carbonyl (C=O) groups is 1. The fraction of sp³-hybridized carbons (Fsp3) is 0.909. The molecule has 1 aliphatic heterocycles. The third-order valence-electron chi connectivity index (χ3n) is 3.18. The topological polar surface area (TPSA) is 29.5 Å². The number of piperidine rings is 1. The molecule has 0 saturated carbocycles. The molecule has 0 bridgehead atoms. The monoisotopic (exact) mass is 199 g/mol. The Bertz CT molecular complexity index is 184. The Morgan fingerprint density at radius 1 is 1.36 bits per heavy atom. The predicted molar refractivity (Wildman–Crippen MR) is 56.1 cm³/mol. The van der Waals surface area contributed by atoms with E-state index in [0.717, 1.165) is 6.54 Å². The Morgan fingerprint density at radius 3 is 2.43 bits per heavy atom. The molecule has 1 rings (SSSR count). The molecule has 0 aromatic heterocycles. The van der Waals surface area contributed by atoms with E-state index in [2.05, 4.69) is 23.5 Å². The fourth-order valence-corrected chi connectivity index (χ4v) is 2.24. The molecule has 3 nitrogen and oxygen atoms in total. The highest BCUT2D eigenvalue weighted by Gasteiger charge is 2.24. The third-order valence-corrected chi connectivity index (χ3v) is 3.18. The molecule has 0 aromatic rings. The van der Waals surface area contributed by atoms with Crippen LogP contribution in [0.2, 0.25) is 0 Å². The highest BCUT2D eigenvalue weighted by Crippen LogP contribution is 2.22. The molecular weight excluding hydrogens is 178 g/mol. The summed E-state index contributed by atoms with van der Waals surface area (Å²) in [5.74, 6) is -0.102. The van der Waals surface area contributed by atoms with Crippen LogP contribution in [0.1, 0.15) is 39.5 Å². The average Bonchev–Trinajstić information content (AvgIpc) is 2.16. The maximum Gasteiger partial charge on any atom is 0.306 e. The summed E-state index contributed by atoms with van der Waals surface area (Å²) < 4.78 is 4.65. The molecule has 0 amide bonds. The van der Waals surface area contributed by atoms with Crippen molar-refractivity contribution in [1.29, 1.82) is 0 Å². The SMILES string of the molecule is COC(=O)CCN1[C@H](C)CCC[C@H]1C. The molecule has 0 aliphatic carbocycles. The summed E-state index contributed by atoms with van der Waals surface area (Å²) in [6, 6.07) is 1.23. The van der Waals surface area contributed by atoms with Crippen molar-refractivity contribution in [1.82, 2.24) is 4.90 Å². The van der Waals surface area contributed by atoms with Crippen molar-refractivity contribution in [2.24, 2.45) is 0 Å². The molecule has 14 heavy (non-hydrogen) atoms. The highest BCUT2D eigenvalue weighted by atomic mass is 16.5. The number of esters is 1. The van der Waals surface area contributed by atoms with Crippen LogP contribution in [0.5, 0.6) is 0 Å². The van der Waals surface area contributed by atoms with Gasteiger partial charge in [0, 0.05) is 18.6 Å². The quantitative estimate of drug-likeness (QED) is 0.649. The van der Waals surface area contributed by atoms with Crippen molar-refractivity contribution < 1.29 is 9.53 Å². The second kappa shape index (κ2) is 5.35. The Hall–Kier alpha value is -0.570. The Labute approximate surface area is 86.4 Å². The summed E-state index contributed by atoms with van der Waals surface area (Å²) in [5, 5.41) is 0. The first-order chi connectivity index (χ1) is 6.65. The molecule has 0 radical (unpaired) electrons. The van der Waals surface area contributed by atoms with Gasteiger partial charge in [-0.25, -0.2) is 0 Å². The summed E-state index contributed by atoms with van der Waals surface area (Å²) in [6.45, 7) is 5.33. The minimum absolute atomic E-state index is 0.102. The number of rotatable bonds is 3. The molecular formula is C11H21NO2. The van der Waals surface area contributed by atoms with Crippen molar-refractivity contribution in [3.8, 4) is 0 Å². The van der Waals surface area contributed by atoms with E-state index in [1.165, 1.54) is 26.4 Å². The van der Waals surface area contributed by atoms with Crippen molar-refractivity contribution in [2.45, 2.75) is 51.6 Å². The number of nitrogens with zero attached hydrogens (tertiary/aromatic N) is 1. The highest BCUT2D eigenvalue weighted by molar-refractivity contribution is 5.69. The summed E-state index contributed by atoms with van der Waals surface area (Å²) in [4.78, 5) is 13.4. The number of hydrogen-bond acceptors (Lipinski definition) is 3. The maximum absolute atomic E-state index is 11.0. The molecule has 1 aliphatic rings. The van der Waals surface area contributed by atoms with Crippen molar-refractivity contribution in [3.05, 3.63) is 0 Å². The third kappa shape index (κ3) is 2.98. The van der Waals surface area contributed by atoms with Gasteiger partial charge in [0.15, 0.2) is 0 Å². The second-order valence-corrected chi connectivity index (χ2v) is 4.19. The van der Waals surface area contributed by atoms with E-state index in [1.54, 1.807) is 0 Å². The van der Waals surface area contributed by atoms with E-state index in [1.807, 2.05) is 0 Å². The second-order valence-electron chi connectivity index (χ2n) is 4.19. The molecule has 0 aromatic carbocycles. The van der Waals surface area contributed by atoms with E-state index in [0.29, 0.717) is 18.5 Å². The van der Waals surface area contributed by atoms with Crippen LogP contribution in [0.4, 0.5) is 0 Å². The average molecular weight is 199 g/mol. The van der Waals surface area contributed by atoms with E-state index in [9.17, 15) is 4.79 Å². The molecule has 0 unspecified atom stereocenters. The van der Waals surface area contributed by atoms with E-state index in [4.69, 9.17) is 0 Å². The molecule has 2 atom stereocenters. The lowest BCUT2D eigenvalue weighted by atomic mass is 9.97. The van der Waals surface area contributed by atoms with Gasteiger partial charge in [0.05, 0.1) is 13.5 Å². The van der Waals surface area contributed by atoms with Gasteiger partial charge < -0.3 is 4.74 Å². The Morgan fingerprint density at radius 2 is 1.93 bits per heavy atom. The standard InChI is InChI=1S/C11H21NO2/c1-9-5-4-6-10(2)12(9)8-7-11(13)14-3/h9-10H,4-8H2,1-3H3/t9-,10-/m1/s1. The molecule has 0 N–H and O–H groups in total. The largest absolute Gasteiger partial charge is 0.469 e. The lowest BCUT2D eigenvalue weighted by Gasteiger charge is -2.38. The lowest BCUT2D eigenvalue weighted by molar-refractivity contribution is -0.141. The number of ether oxygens (including phenoxy) is 1. The first-order valence-corrected chi connectivity index (χ1v) is 5.47. The fourth-order valence-electron chi connectivity index (χ4n) is 2.24. The Kier molecular flexibility index (Phi) is 4.39. The van der Waals surface area contributed by atoms with E-state index < -0.39 is 0 Å². The van der Waals surface area contributed by atoms with E-state index in [-0.39, 0.29) is 5.97 Å². The van der Waals surface area contributed by atoms with Crippen LogP contribution in [0.3, 0.4) is 0 Å². The normalized spacial score (nSPS) is 28.8. The zero-order valence-corrected chi connectivity index (χ0v) is 9.45. The zero-order chi connectivity index (χ0) is 10.6. The minimum atomic E-state index is -0.102. The van der Waals surface area contributed by atoms with Gasteiger partial charge in [-0.15, -0.1) is 0 Å². The van der Waals surface area contributed by atoms with Gasteiger partial charge in [0.1, 0.15) is 0 Å². The van der Waals surface area contributed by atoms with Gasteiger partial charge >= 0.3 is 5.97 Å². The lowest BCUT2D eigenvalue weighted by Crippen LogP contribution is -2.44. The van der Waals surface area contributed by atoms with Gasteiger partial charge in [0.2, 0.25) is 0 Å². The summed E-state index contributed by atoms with van der Waals surface area (Å²) in [7, 11) is 1.45. The van der Waals surface area contributed by atoms with Gasteiger partial charge in [-0.3, -0.25) is 9.69 Å². The van der Waals surface area contributed by atoms with Gasteiger partial charge in [-0.2, -0.15) is 0 Å². The number of carbonyl (C=O) groups excluding carboxylic acids is 1. The van der Waals surface area contributed by atoms with Crippen LogP contribution in [0.15, 0.2) is 0 Å². The van der Waals surface area contributed by atoms with Crippen molar-refractivity contribution >= 4 is 5.97 Å². The van der Waals surface area contributed by atoms with Crippen LogP contribution in [-0.4, -0.2) is 36.6 Å². The van der Waals surface area contributed by atoms with Crippen LogP contribution in [0, 0.1) is 0 Å².